The number of amides is 1. The largest absolute Gasteiger partial charge is 0.373 e. The van der Waals surface area contributed by atoms with Crippen molar-refractivity contribution < 1.29 is 14.4 Å². The van der Waals surface area contributed by atoms with E-state index in [9.17, 15) is 4.79 Å². The molecular weight excluding hydrogens is 506 g/mol. The van der Waals surface area contributed by atoms with Crippen molar-refractivity contribution in [1.29, 1.82) is 0 Å². The molecule has 0 spiro atoms. The van der Waals surface area contributed by atoms with E-state index in [1.54, 1.807) is 12.4 Å². The molecule has 0 aliphatic heterocycles. The lowest BCUT2D eigenvalue weighted by Crippen LogP contribution is -2.34. The van der Waals surface area contributed by atoms with Gasteiger partial charge in [-0.3, -0.25) is 9.89 Å². The van der Waals surface area contributed by atoms with Gasteiger partial charge in [0.25, 0.3) is 5.91 Å². The number of benzene rings is 3. The Morgan fingerprint density at radius 3 is 2.60 bits per heavy atom. The fourth-order valence-electron chi connectivity index (χ4n) is 4.44. The summed E-state index contributed by atoms with van der Waals surface area (Å²) >= 11 is 0. The first-order chi connectivity index (χ1) is 19.5. The lowest BCUT2D eigenvalue weighted by molar-refractivity contribution is -0.191. The van der Waals surface area contributed by atoms with Crippen LogP contribution >= 0.6 is 0 Å². The number of aromatic amines is 2. The zero-order chi connectivity index (χ0) is 27.9. The fraction of sp³-hybridized carbons (Fsp3) is 0.100. The fourth-order valence-corrected chi connectivity index (χ4v) is 4.44. The van der Waals surface area contributed by atoms with Crippen molar-refractivity contribution in [1.82, 2.24) is 30.5 Å². The van der Waals surface area contributed by atoms with Crippen LogP contribution in [0.5, 0.6) is 0 Å². The number of hydrogen-bond donors (Lipinski definition) is 4. The molecule has 0 saturated heterocycles. The number of carbonyl (C=O) groups excluding carboxylic acids is 3. The van der Waals surface area contributed by atoms with Gasteiger partial charge < -0.3 is 15.6 Å². The van der Waals surface area contributed by atoms with E-state index in [0.29, 0.717) is 17.3 Å². The molecule has 6 rings (SSSR count). The van der Waals surface area contributed by atoms with E-state index in [1.165, 1.54) is 5.56 Å². The first kappa shape index (κ1) is 26.0. The van der Waals surface area contributed by atoms with Crippen molar-refractivity contribution in [2.45, 2.75) is 19.4 Å². The van der Waals surface area contributed by atoms with Crippen molar-refractivity contribution in [2.75, 3.05) is 5.32 Å². The number of rotatable bonds is 7. The van der Waals surface area contributed by atoms with Crippen LogP contribution in [0.2, 0.25) is 0 Å². The minimum absolute atomic E-state index is 0.00901. The highest BCUT2D eigenvalue weighted by atomic mass is 16.2. The van der Waals surface area contributed by atoms with Gasteiger partial charge in [-0.25, -0.2) is 9.97 Å². The maximum Gasteiger partial charge on any atom is 0.373 e. The quantitative estimate of drug-likeness (QED) is 0.226. The van der Waals surface area contributed by atoms with Gasteiger partial charge >= 0.3 is 6.15 Å². The van der Waals surface area contributed by atoms with Gasteiger partial charge in [0.1, 0.15) is 11.5 Å². The third-order valence-electron chi connectivity index (χ3n) is 6.26. The Labute approximate surface area is 228 Å². The number of anilines is 2. The van der Waals surface area contributed by atoms with Gasteiger partial charge in [-0.1, -0.05) is 42.5 Å². The van der Waals surface area contributed by atoms with Crippen molar-refractivity contribution in [3.05, 3.63) is 103 Å². The standard InChI is InChI=1S/C29H25N7O.CO2/c1-18(13-19-5-3-2-4-6-19)32-29(37)26-15-20-7-8-21(16-25(20)34-26)28-30-12-11-27(35-28)33-23-9-10-24-22(14-23)17-31-36-24;2-1-3/h2-12,14-18,34H,13H2,1H3,(H,31,36)(H,32,37)(H,30,33,35);. The Morgan fingerprint density at radius 1 is 0.950 bits per heavy atom. The predicted octanol–water partition coefficient (Wildman–Crippen LogP) is 5.02. The van der Waals surface area contributed by atoms with Crippen LogP contribution in [0.4, 0.5) is 11.5 Å². The summed E-state index contributed by atoms with van der Waals surface area (Å²) in [5, 5.41) is 15.4. The molecule has 6 aromatic rings. The molecule has 3 aromatic carbocycles. The molecule has 3 aromatic heterocycles. The van der Waals surface area contributed by atoms with Gasteiger partial charge in [0.15, 0.2) is 5.82 Å². The third-order valence-corrected chi connectivity index (χ3v) is 6.26. The molecule has 1 atom stereocenters. The molecule has 0 bridgehead atoms. The molecular formula is C30H25N7O3. The predicted molar refractivity (Wildman–Crippen MR) is 151 cm³/mol. The van der Waals surface area contributed by atoms with Gasteiger partial charge in [-0.2, -0.15) is 14.7 Å². The molecule has 40 heavy (non-hydrogen) atoms. The van der Waals surface area contributed by atoms with Crippen molar-refractivity contribution in [2.24, 2.45) is 0 Å². The lowest BCUT2D eigenvalue weighted by atomic mass is 10.1. The summed E-state index contributed by atoms with van der Waals surface area (Å²) in [5.41, 5.74) is 5.31. The Morgan fingerprint density at radius 2 is 1.77 bits per heavy atom. The zero-order valence-electron chi connectivity index (χ0n) is 21.5. The summed E-state index contributed by atoms with van der Waals surface area (Å²) in [6.07, 6.45) is 4.54. The van der Waals surface area contributed by atoms with E-state index in [-0.39, 0.29) is 18.1 Å². The molecule has 10 heteroatoms. The van der Waals surface area contributed by atoms with Crippen LogP contribution in [-0.4, -0.2) is 43.2 Å². The van der Waals surface area contributed by atoms with E-state index in [1.807, 2.05) is 73.7 Å². The average Bonchev–Trinajstić information content (AvgIpc) is 3.61. The van der Waals surface area contributed by atoms with Crippen LogP contribution in [0.3, 0.4) is 0 Å². The van der Waals surface area contributed by atoms with E-state index in [0.717, 1.165) is 39.5 Å². The first-order valence-corrected chi connectivity index (χ1v) is 12.5. The second kappa shape index (κ2) is 11.8. The smallest absolute Gasteiger partial charge is 0.351 e. The molecule has 3 heterocycles. The highest BCUT2D eigenvalue weighted by Gasteiger charge is 2.14. The van der Waals surface area contributed by atoms with Crippen LogP contribution in [0.25, 0.3) is 33.2 Å². The summed E-state index contributed by atoms with van der Waals surface area (Å²) in [6.45, 7) is 2.01. The Bertz CT molecular complexity index is 1800. The minimum atomic E-state index is -0.127. The van der Waals surface area contributed by atoms with E-state index in [4.69, 9.17) is 14.6 Å². The SMILES string of the molecule is CC(Cc1ccccc1)NC(=O)c1cc2ccc(-c3nccc(Nc4ccc5[nH]ncc5c4)n3)cc2[nH]1.O=C=O. The number of H-pyrrole nitrogens is 2. The zero-order valence-corrected chi connectivity index (χ0v) is 21.5. The van der Waals surface area contributed by atoms with Crippen molar-refractivity contribution in [3.8, 4) is 11.4 Å². The topological polar surface area (TPSA) is 146 Å². The normalized spacial score (nSPS) is 11.3. The number of fused-ring (bicyclic) bond motifs is 2. The van der Waals surface area contributed by atoms with E-state index in [2.05, 4.69) is 42.9 Å². The highest BCUT2D eigenvalue weighted by Crippen LogP contribution is 2.25. The van der Waals surface area contributed by atoms with Gasteiger partial charge in [0, 0.05) is 39.8 Å². The number of hydrogen-bond acceptors (Lipinski definition) is 7. The second-order valence-corrected chi connectivity index (χ2v) is 9.20. The molecule has 0 aliphatic rings. The molecule has 0 radical (unpaired) electrons. The van der Waals surface area contributed by atoms with Crippen LogP contribution in [0.15, 0.2) is 91.3 Å². The molecule has 0 fully saturated rings. The van der Waals surface area contributed by atoms with Gasteiger partial charge in [-0.15, -0.1) is 0 Å². The molecule has 0 aliphatic carbocycles. The van der Waals surface area contributed by atoms with Crippen molar-refractivity contribution >= 4 is 45.4 Å². The maximum absolute atomic E-state index is 12.9. The Kier molecular flexibility index (Phi) is 7.71. The molecule has 10 nitrogen and oxygen atoms in total. The summed E-state index contributed by atoms with van der Waals surface area (Å²) < 4.78 is 0. The van der Waals surface area contributed by atoms with Crippen LogP contribution in [0.1, 0.15) is 23.0 Å². The summed E-state index contributed by atoms with van der Waals surface area (Å²) in [5.74, 6) is 1.15. The molecule has 4 N–H and O–H groups in total. The highest BCUT2D eigenvalue weighted by molar-refractivity contribution is 5.98. The Balaban J connectivity index is 0.00000103. The second-order valence-electron chi connectivity index (χ2n) is 9.20. The lowest BCUT2D eigenvalue weighted by Gasteiger charge is -2.13. The number of nitrogens with one attached hydrogen (secondary N) is 4. The minimum Gasteiger partial charge on any atom is -0.351 e. The summed E-state index contributed by atoms with van der Waals surface area (Å²) in [4.78, 5) is 41.5. The number of aromatic nitrogens is 5. The van der Waals surface area contributed by atoms with Crippen LogP contribution in [-0.2, 0) is 16.0 Å². The number of carbonyl (C=O) groups is 1. The van der Waals surface area contributed by atoms with Gasteiger partial charge in [-0.05, 0) is 55.3 Å². The third kappa shape index (κ3) is 6.09. The average molecular weight is 532 g/mol. The molecule has 1 unspecified atom stereocenters. The summed E-state index contributed by atoms with van der Waals surface area (Å²) in [7, 11) is 0. The first-order valence-electron chi connectivity index (χ1n) is 12.5. The molecule has 1 amide bonds. The van der Waals surface area contributed by atoms with E-state index < -0.39 is 0 Å². The van der Waals surface area contributed by atoms with E-state index >= 15 is 0 Å². The van der Waals surface area contributed by atoms with Crippen LogP contribution in [0, 0.1) is 0 Å². The maximum atomic E-state index is 12.9. The molecule has 198 valence electrons. The van der Waals surface area contributed by atoms with Gasteiger partial charge in [0.2, 0.25) is 0 Å². The molecule has 0 saturated carbocycles. The van der Waals surface area contributed by atoms with Crippen molar-refractivity contribution in [3.63, 3.8) is 0 Å². The van der Waals surface area contributed by atoms with Crippen LogP contribution < -0.4 is 10.6 Å². The monoisotopic (exact) mass is 531 g/mol. The number of nitrogens with zero attached hydrogens (tertiary/aromatic N) is 3. The van der Waals surface area contributed by atoms with Gasteiger partial charge in [0.05, 0.1) is 11.7 Å². The summed E-state index contributed by atoms with van der Waals surface area (Å²) in [6, 6.07) is 25.7. The Hall–Kier alpha value is -5.60.